The molecule has 3 nitrogen and oxygen atoms in total. The standard InChI is InChI=1S/C11H18BNO2/c1-4-5-11(14)8(2)6-10(12-7-13)9(3)15-11/h4,8-10,12,14H,1,5-6H2,2-3H3/t8-,9+,10+,11?/m0/s1. The van der Waals surface area contributed by atoms with Crippen LogP contribution in [0, 0.1) is 17.1 Å². The van der Waals surface area contributed by atoms with Gasteiger partial charge in [-0.15, -0.1) is 6.58 Å². The molecule has 1 N–H and O–H groups in total. The Morgan fingerprint density at radius 3 is 2.93 bits per heavy atom. The lowest BCUT2D eigenvalue weighted by Gasteiger charge is -2.44. The van der Waals surface area contributed by atoms with E-state index in [2.05, 4.69) is 12.5 Å². The summed E-state index contributed by atoms with van der Waals surface area (Å²) < 4.78 is 5.62. The molecule has 1 aliphatic rings. The van der Waals surface area contributed by atoms with E-state index in [0.29, 0.717) is 13.7 Å². The minimum absolute atomic E-state index is 0.0463. The largest absolute Gasteiger partial charge is 0.365 e. The van der Waals surface area contributed by atoms with Gasteiger partial charge >= 0.3 is 0 Å². The molecule has 0 aromatic rings. The molecule has 1 unspecified atom stereocenters. The lowest BCUT2D eigenvalue weighted by atomic mass is 9.59. The van der Waals surface area contributed by atoms with Crippen LogP contribution in [0.4, 0.5) is 0 Å². The molecule has 1 fully saturated rings. The highest BCUT2D eigenvalue weighted by molar-refractivity contribution is 6.47. The molecule has 0 aliphatic carbocycles. The van der Waals surface area contributed by atoms with Gasteiger partial charge in [-0.3, -0.25) is 0 Å². The first-order valence-corrected chi connectivity index (χ1v) is 5.41. The smallest absolute Gasteiger partial charge is 0.255 e. The van der Waals surface area contributed by atoms with Gasteiger partial charge in [-0.05, 0) is 25.1 Å². The zero-order chi connectivity index (χ0) is 11.5. The molecule has 1 saturated heterocycles. The summed E-state index contributed by atoms with van der Waals surface area (Å²) >= 11 is 0. The second-order valence-electron chi connectivity index (χ2n) is 4.42. The van der Waals surface area contributed by atoms with E-state index in [0.717, 1.165) is 6.42 Å². The number of ether oxygens (including phenoxy) is 1. The van der Waals surface area contributed by atoms with Crippen LogP contribution in [0.25, 0.3) is 0 Å². The van der Waals surface area contributed by atoms with Gasteiger partial charge in [0.1, 0.15) is 0 Å². The Kier molecular flexibility index (Phi) is 3.95. The van der Waals surface area contributed by atoms with Crippen LogP contribution in [0.5, 0.6) is 0 Å². The minimum atomic E-state index is -1.09. The Hall–Kier alpha value is -0.785. The van der Waals surface area contributed by atoms with Crippen LogP contribution in [-0.4, -0.2) is 24.3 Å². The fourth-order valence-corrected chi connectivity index (χ4v) is 2.19. The van der Waals surface area contributed by atoms with Crippen molar-refractivity contribution < 1.29 is 9.84 Å². The molecule has 0 amide bonds. The first-order valence-electron chi connectivity index (χ1n) is 5.41. The lowest BCUT2D eigenvalue weighted by Crippen LogP contribution is -2.48. The van der Waals surface area contributed by atoms with Crippen LogP contribution in [0.3, 0.4) is 0 Å². The van der Waals surface area contributed by atoms with Gasteiger partial charge in [-0.2, -0.15) is 0 Å². The van der Waals surface area contributed by atoms with Crippen molar-refractivity contribution in [1.29, 1.82) is 5.26 Å². The molecule has 82 valence electrons. The zero-order valence-corrected chi connectivity index (χ0v) is 9.44. The lowest BCUT2D eigenvalue weighted by molar-refractivity contribution is -0.273. The molecule has 0 spiro atoms. The van der Waals surface area contributed by atoms with Crippen LogP contribution < -0.4 is 0 Å². The van der Waals surface area contributed by atoms with Gasteiger partial charge < -0.3 is 9.84 Å². The van der Waals surface area contributed by atoms with E-state index in [1.165, 1.54) is 0 Å². The fraction of sp³-hybridized carbons (Fsp3) is 0.727. The maximum absolute atomic E-state index is 10.2. The molecular formula is C11H18BNO2. The normalized spacial score (nSPS) is 40.5. The summed E-state index contributed by atoms with van der Waals surface area (Å²) in [5.41, 5.74) is 0. The molecule has 1 aliphatic heterocycles. The maximum Gasteiger partial charge on any atom is 0.255 e. The SMILES string of the molecule is C=CCC1(O)O[C@H](C)[C@H](BC#N)C[C@@H]1C. The van der Waals surface area contributed by atoms with Crippen molar-refractivity contribution in [2.45, 2.75) is 44.4 Å². The van der Waals surface area contributed by atoms with Crippen molar-refractivity contribution in [2.75, 3.05) is 0 Å². The van der Waals surface area contributed by atoms with Gasteiger partial charge in [0.25, 0.3) is 7.28 Å². The van der Waals surface area contributed by atoms with E-state index in [1.807, 2.05) is 13.8 Å². The summed E-state index contributed by atoms with van der Waals surface area (Å²) in [5.74, 6) is 1.35. The van der Waals surface area contributed by atoms with Crippen LogP contribution in [0.1, 0.15) is 26.7 Å². The quantitative estimate of drug-likeness (QED) is 0.562. The van der Waals surface area contributed by atoms with Crippen molar-refractivity contribution in [3.63, 3.8) is 0 Å². The van der Waals surface area contributed by atoms with Crippen LogP contribution in [-0.2, 0) is 4.74 Å². The topological polar surface area (TPSA) is 53.2 Å². The average molecular weight is 207 g/mol. The molecule has 0 aromatic heterocycles. The van der Waals surface area contributed by atoms with Gasteiger partial charge in [0.05, 0.1) is 6.10 Å². The molecule has 1 heterocycles. The second-order valence-corrected chi connectivity index (χ2v) is 4.42. The Balaban J connectivity index is 2.70. The molecule has 0 bridgehead atoms. The third-order valence-corrected chi connectivity index (χ3v) is 3.27. The van der Waals surface area contributed by atoms with Crippen molar-refractivity contribution in [2.24, 2.45) is 5.92 Å². The highest BCUT2D eigenvalue weighted by atomic mass is 16.6. The van der Waals surface area contributed by atoms with Crippen molar-refractivity contribution in [3.8, 4) is 5.97 Å². The van der Waals surface area contributed by atoms with Crippen molar-refractivity contribution in [3.05, 3.63) is 12.7 Å². The molecular weight excluding hydrogens is 189 g/mol. The van der Waals surface area contributed by atoms with E-state index in [-0.39, 0.29) is 17.8 Å². The van der Waals surface area contributed by atoms with Gasteiger partial charge in [-0.1, -0.05) is 13.0 Å². The first kappa shape index (κ1) is 12.3. The third kappa shape index (κ3) is 2.61. The van der Waals surface area contributed by atoms with E-state index in [9.17, 15) is 5.11 Å². The molecule has 4 atom stereocenters. The Morgan fingerprint density at radius 2 is 2.40 bits per heavy atom. The molecule has 0 saturated carbocycles. The van der Waals surface area contributed by atoms with E-state index in [4.69, 9.17) is 10.00 Å². The third-order valence-electron chi connectivity index (χ3n) is 3.27. The van der Waals surface area contributed by atoms with E-state index < -0.39 is 5.79 Å². The van der Waals surface area contributed by atoms with Gasteiger partial charge in [-0.25, -0.2) is 5.26 Å². The average Bonchev–Trinajstić information content (AvgIpc) is 2.15. The Bertz CT molecular complexity index is 276. The number of nitrogens with zero attached hydrogens (tertiary/aromatic N) is 1. The highest BCUT2D eigenvalue weighted by Crippen LogP contribution is 2.40. The monoisotopic (exact) mass is 207 g/mol. The predicted octanol–water partition coefficient (Wildman–Crippen LogP) is 1.40. The van der Waals surface area contributed by atoms with Gasteiger partial charge in [0.15, 0.2) is 5.79 Å². The summed E-state index contributed by atoms with van der Waals surface area (Å²) in [6, 6.07) is 0. The van der Waals surface area contributed by atoms with Crippen LogP contribution in [0.2, 0.25) is 5.82 Å². The van der Waals surface area contributed by atoms with Crippen LogP contribution >= 0.6 is 0 Å². The predicted molar refractivity (Wildman–Crippen MR) is 60.6 cm³/mol. The molecule has 0 radical (unpaired) electrons. The first-order chi connectivity index (χ1) is 7.03. The molecule has 4 heteroatoms. The number of hydrogen-bond donors (Lipinski definition) is 1. The molecule has 15 heavy (non-hydrogen) atoms. The summed E-state index contributed by atoms with van der Waals surface area (Å²) in [6.45, 7) is 7.50. The minimum Gasteiger partial charge on any atom is -0.365 e. The molecule has 1 rings (SSSR count). The van der Waals surface area contributed by atoms with Crippen LogP contribution in [0.15, 0.2) is 12.7 Å². The molecule has 0 aromatic carbocycles. The number of hydrogen-bond acceptors (Lipinski definition) is 3. The zero-order valence-electron chi connectivity index (χ0n) is 9.44. The number of nitriles is 1. The van der Waals surface area contributed by atoms with Gasteiger partial charge in [0, 0.05) is 12.3 Å². The Morgan fingerprint density at radius 1 is 1.73 bits per heavy atom. The number of aliphatic hydroxyl groups is 1. The fourth-order valence-electron chi connectivity index (χ4n) is 2.19. The summed E-state index contributed by atoms with van der Waals surface area (Å²) in [5, 5.41) is 18.9. The summed E-state index contributed by atoms with van der Waals surface area (Å²) in [7, 11) is 0.496. The maximum atomic E-state index is 10.2. The summed E-state index contributed by atoms with van der Waals surface area (Å²) in [4.78, 5) is 0. The highest BCUT2D eigenvalue weighted by Gasteiger charge is 2.43. The van der Waals surface area contributed by atoms with Gasteiger partial charge in [0.2, 0.25) is 0 Å². The number of rotatable bonds is 3. The van der Waals surface area contributed by atoms with E-state index >= 15 is 0 Å². The van der Waals surface area contributed by atoms with Crippen molar-refractivity contribution in [1.82, 2.24) is 0 Å². The van der Waals surface area contributed by atoms with E-state index in [1.54, 1.807) is 6.08 Å². The van der Waals surface area contributed by atoms with Crippen molar-refractivity contribution >= 4 is 7.28 Å². The summed E-state index contributed by atoms with van der Waals surface area (Å²) in [6.07, 6.45) is 2.89. The Labute approximate surface area is 92.0 Å². The second kappa shape index (κ2) is 4.83.